The molecule has 5 nitrogen and oxygen atoms in total. The SMILES string of the molecule is CNCc1c(OC)ccc(F)c1CNc1cc(F)c(SNc2cscn2)c(F)c1. The average Bonchev–Trinajstić information content (AvgIpc) is 3.21. The molecule has 3 N–H and O–H groups in total. The first-order valence-corrected chi connectivity index (χ1v) is 10.3. The molecule has 0 aliphatic rings. The van der Waals surface area contributed by atoms with Crippen molar-refractivity contribution in [2.75, 3.05) is 24.2 Å². The van der Waals surface area contributed by atoms with E-state index in [2.05, 4.69) is 20.3 Å². The summed E-state index contributed by atoms with van der Waals surface area (Å²) < 4.78 is 51.2. The van der Waals surface area contributed by atoms with E-state index < -0.39 is 17.5 Å². The van der Waals surface area contributed by atoms with E-state index in [4.69, 9.17) is 4.74 Å². The lowest BCUT2D eigenvalue weighted by Crippen LogP contribution is -2.13. The summed E-state index contributed by atoms with van der Waals surface area (Å²) in [6.45, 7) is 0.432. The highest BCUT2D eigenvalue weighted by atomic mass is 32.2. The Kier molecular flexibility index (Phi) is 7.24. The van der Waals surface area contributed by atoms with Crippen LogP contribution in [0.5, 0.6) is 5.75 Å². The van der Waals surface area contributed by atoms with Crippen molar-refractivity contribution >= 4 is 34.8 Å². The first-order chi connectivity index (χ1) is 14.0. The van der Waals surface area contributed by atoms with Gasteiger partial charge >= 0.3 is 0 Å². The molecule has 2 aromatic carbocycles. The van der Waals surface area contributed by atoms with Gasteiger partial charge in [-0.3, -0.25) is 0 Å². The molecule has 0 saturated carbocycles. The van der Waals surface area contributed by atoms with Crippen LogP contribution in [-0.4, -0.2) is 19.1 Å². The van der Waals surface area contributed by atoms with Gasteiger partial charge in [-0.2, -0.15) is 0 Å². The number of rotatable bonds is 9. The van der Waals surface area contributed by atoms with E-state index in [-0.39, 0.29) is 17.1 Å². The lowest BCUT2D eigenvalue weighted by molar-refractivity contribution is 0.406. The van der Waals surface area contributed by atoms with Gasteiger partial charge in [0.25, 0.3) is 0 Å². The second kappa shape index (κ2) is 9.86. The molecule has 0 saturated heterocycles. The molecule has 0 bridgehead atoms. The Morgan fingerprint density at radius 2 is 1.83 bits per heavy atom. The summed E-state index contributed by atoms with van der Waals surface area (Å²) in [4.78, 5) is 3.82. The molecule has 0 unspecified atom stereocenters. The molecule has 1 aromatic heterocycles. The molecular weight excluding hydrogens is 421 g/mol. The first-order valence-electron chi connectivity index (χ1n) is 8.56. The molecule has 1 heterocycles. The number of nitrogens with one attached hydrogen (secondary N) is 3. The van der Waals surface area contributed by atoms with E-state index in [1.165, 1.54) is 36.6 Å². The van der Waals surface area contributed by atoms with Crippen molar-refractivity contribution in [3.05, 3.63) is 63.7 Å². The highest BCUT2D eigenvalue weighted by Crippen LogP contribution is 2.30. The summed E-state index contributed by atoms with van der Waals surface area (Å²) in [5.74, 6) is -0.839. The number of aromatic nitrogens is 1. The van der Waals surface area contributed by atoms with Gasteiger partial charge in [0, 0.05) is 35.3 Å². The number of ether oxygens (including phenoxy) is 1. The van der Waals surface area contributed by atoms with Gasteiger partial charge in [-0.05, 0) is 43.3 Å². The number of thiazole rings is 1. The van der Waals surface area contributed by atoms with Crippen LogP contribution in [0.25, 0.3) is 0 Å². The van der Waals surface area contributed by atoms with Crippen molar-refractivity contribution in [1.82, 2.24) is 10.3 Å². The fraction of sp³-hybridized carbons (Fsp3) is 0.211. The summed E-state index contributed by atoms with van der Waals surface area (Å²) in [6, 6.07) is 5.19. The van der Waals surface area contributed by atoms with Crippen LogP contribution in [0.15, 0.2) is 40.1 Å². The Balaban J connectivity index is 1.76. The molecule has 3 rings (SSSR count). The fourth-order valence-corrected chi connectivity index (χ4v) is 3.90. The molecular formula is C19H19F3N4OS2. The van der Waals surface area contributed by atoms with E-state index in [0.29, 0.717) is 29.2 Å². The van der Waals surface area contributed by atoms with E-state index in [9.17, 15) is 13.2 Å². The third kappa shape index (κ3) is 5.14. The van der Waals surface area contributed by atoms with Crippen LogP contribution in [0.4, 0.5) is 24.7 Å². The zero-order valence-corrected chi connectivity index (χ0v) is 17.3. The molecule has 154 valence electrons. The van der Waals surface area contributed by atoms with Crippen LogP contribution in [0.1, 0.15) is 11.1 Å². The lowest BCUT2D eigenvalue weighted by Gasteiger charge is -2.16. The maximum atomic E-state index is 14.4. The van der Waals surface area contributed by atoms with Crippen molar-refractivity contribution < 1.29 is 17.9 Å². The minimum absolute atomic E-state index is 0.0441. The predicted octanol–water partition coefficient (Wildman–Crippen LogP) is 5.02. The molecule has 29 heavy (non-hydrogen) atoms. The molecule has 3 aromatic rings. The highest BCUT2D eigenvalue weighted by Gasteiger charge is 2.16. The summed E-state index contributed by atoms with van der Waals surface area (Å²) in [5, 5.41) is 7.58. The Bertz CT molecular complexity index is 947. The largest absolute Gasteiger partial charge is 0.496 e. The second-order valence-electron chi connectivity index (χ2n) is 5.94. The van der Waals surface area contributed by atoms with Gasteiger partial charge in [0.05, 0.1) is 12.6 Å². The van der Waals surface area contributed by atoms with E-state index in [1.807, 2.05) is 0 Å². The van der Waals surface area contributed by atoms with Crippen molar-refractivity contribution in [3.63, 3.8) is 0 Å². The van der Waals surface area contributed by atoms with Crippen LogP contribution >= 0.6 is 23.3 Å². The third-order valence-corrected chi connectivity index (χ3v) is 5.55. The quantitative estimate of drug-likeness (QED) is 0.406. The summed E-state index contributed by atoms with van der Waals surface area (Å²) in [6.07, 6.45) is 0. The fourth-order valence-electron chi connectivity index (χ4n) is 2.71. The Morgan fingerprint density at radius 1 is 1.07 bits per heavy atom. The number of nitrogens with zero attached hydrogens (tertiary/aromatic N) is 1. The van der Waals surface area contributed by atoms with Gasteiger partial charge in [-0.15, -0.1) is 11.3 Å². The summed E-state index contributed by atoms with van der Waals surface area (Å²) in [5.41, 5.74) is 2.82. The molecule has 0 atom stereocenters. The van der Waals surface area contributed by atoms with E-state index in [1.54, 1.807) is 24.0 Å². The maximum absolute atomic E-state index is 14.4. The third-order valence-electron chi connectivity index (χ3n) is 4.06. The minimum Gasteiger partial charge on any atom is -0.496 e. The van der Waals surface area contributed by atoms with Gasteiger partial charge in [0.15, 0.2) is 0 Å². The maximum Gasteiger partial charge on any atom is 0.147 e. The monoisotopic (exact) mass is 440 g/mol. The predicted molar refractivity (Wildman–Crippen MR) is 111 cm³/mol. The standard InChI is InChI=1S/C19H19F3N4OS2/c1-23-7-13-12(14(20)3-4-17(13)27-2)8-24-11-5-15(21)19(16(22)6-11)29-26-18-9-28-10-25-18/h3-6,9-10,23-24,26H,7-8H2,1-2H3. The normalized spacial score (nSPS) is 10.8. The summed E-state index contributed by atoms with van der Waals surface area (Å²) in [7, 11) is 3.24. The first kappa shape index (κ1) is 21.3. The van der Waals surface area contributed by atoms with Crippen LogP contribution in [0, 0.1) is 17.5 Å². The molecule has 0 aliphatic heterocycles. The van der Waals surface area contributed by atoms with Gasteiger partial charge in [0.1, 0.15) is 33.9 Å². The number of hydrogen-bond acceptors (Lipinski definition) is 7. The van der Waals surface area contributed by atoms with Crippen LogP contribution in [0.2, 0.25) is 0 Å². The number of anilines is 2. The Morgan fingerprint density at radius 3 is 2.45 bits per heavy atom. The topological polar surface area (TPSA) is 58.2 Å². The zero-order valence-electron chi connectivity index (χ0n) is 15.7. The zero-order chi connectivity index (χ0) is 20.8. The van der Waals surface area contributed by atoms with Gasteiger partial charge < -0.3 is 20.1 Å². The average molecular weight is 441 g/mol. The Labute approximate surface area is 174 Å². The molecule has 0 spiro atoms. The van der Waals surface area contributed by atoms with Crippen LogP contribution < -0.4 is 20.1 Å². The molecule has 10 heteroatoms. The van der Waals surface area contributed by atoms with Crippen molar-refractivity contribution in [3.8, 4) is 5.75 Å². The van der Waals surface area contributed by atoms with Crippen LogP contribution in [0.3, 0.4) is 0 Å². The van der Waals surface area contributed by atoms with E-state index >= 15 is 0 Å². The lowest BCUT2D eigenvalue weighted by atomic mass is 10.0. The van der Waals surface area contributed by atoms with Gasteiger partial charge in [-0.25, -0.2) is 18.2 Å². The molecule has 0 amide bonds. The van der Waals surface area contributed by atoms with Gasteiger partial charge in [-0.1, -0.05) is 0 Å². The Hall–Kier alpha value is -2.43. The number of hydrogen-bond donors (Lipinski definition) is 3. The smallest absolute Gasteiger partial charge is 0.147 e. The molecule has 0 aliphatic carbocycles. The van der Waals surface area contributed by atoms with Gasteiger partial charge in [0.2, 0.25) is 0 Å². The second-order valence-corrected chi connectivity index (χ2v) is 7.47. The number of halogens is 3. The van der Waals surface area contributed by atoms with E-state index in [0.717, 1.165) is 11.9 Å². The van der Waals surface area contributed by atoms with Crippen molar-refractivity contribution in [1.29, 1.82) is 0 Å². The van der Waals surface area contributed by atoms with Crippen LogP contribution in [-0.2, 0) is 13.1 Å². The minimum atomic E-state index is -0.734. The highest BCUT2D eigenvalue weighted by molar-refractivity contribution is 8.00. The summed E-state index contributed by atoms with van der Waals surface area (Å²) >= 11 is 2.17. The van der Waals surface area contributed by atoms with Crippen molar-refractivity contribution in [2.45, 2.75) is 18.0 Å². The number of methoxy groups -OCH3 is 1. The van der Waals surface area contributed by atoms with Crippen molar-refractivity contribution in [2.24, 2.45) is 0 Å². The number of benzene rings is 2. The molecule has 0 radical (unpaired) electrons. The molecule has 0 fully saturated rings.